The third-order valence-corrected chi connectivity index (χ3v) is 2.93. The van der Waals surface area contributed by atoms with Gasteiger partial charge in [-0.25, -0.2) is 4.98 Å². The Morgan fingerprint density at radius 1 is 1.21 bits per heavy atom. The van der Waals surface area contributed by atoms with Gasteiger partial charge in [-0.05, 0) is 29.4 Å². The number of rotatable bonds is 3. The third-order valence-electron chi connectivity index (χ3n) is 2.93. The summed E-state index contributed by atoms with van der Waals surface area (Å²) in [6, 6.07) is 12.9. The molecule has 0 N–H and O–H groups in total. The molecule has 2 aromatic heterocycles. The van der Waals surface area contributed by atoms with Gasteiger partial charge in [-0.15, -0.1) is 4.91 Å². The lowest BCUT2D eigenvalue weighted by Crippen LogP contribution is -1.84. The number of imidazole rings is 1. The Morgan fingerprint density at radius 3 is 2.89 bits per heavy atom. The molecule has 94 valence electrons. The predicted molar refractivity (Wildman–Crippen MR) is 72.6 cm³/mol. The van der Waals surface area contributed by atoms with Gasteiger partial charge in [-0.2, -0.15) is 0 Å². The van der Waals surface area contributed by atoms with Crippen molar-refractivity contribution in [3.05, 3.63) is 53.6 Å². The van der Waals surface area contributed by atoms with E-state index in [9.17, 15) is 4.91 Å². The van der Waals surface area contributed by atoms with Crippen LogP contribution >= 0.6 is 0 Å². The molecule has 2 heterocycles. The third kappa shape index (κ3) is 1.85. The zero-order valence-corrected chi connectivity index (χ0v) is 10.3. The fraction of sp³-hybridized carbons (Fsp3) is 0.0714. The SMILES string of the molecule is COc1cccc(-c2nc3ccccn3c2N=O)c1. The molecule has 0 atom stereocenters. The Kier molecular flexibility index (Phi) is 2.72. The van der Waals surface area contributed by atoms with E-state index in [1.807, 2.05) is 42.5 Å². The number of methoxy groups -OCH3 is 1. The highest BCUT2D eigenvalue weighted by molar-refractivity contribution is 5.75. The van der Waals surface area contributed by atoms with Crippen LogP contribution in [-0.4, -0.2) is 16.5 Å². The van der Waals surface area contributed by atoms with E-state index in [2.05, 4.69) is 10.2 Å². The predicted octanol–water partition coefficient (Wildman–Crippen LogP) is 3.41. The van der Waals surface area contributed by atoms with Crippen molar-refractivity contribution < 1.29 is 4.74 Å². The molecule has 3 rings (SSSR count). The molecule has 19 heavy (non-hydrogen) atoms. The van der Waals surface area contributed by atoms with E-state index in [1.165, 1.54) is 0 Å². The standard InChI is InChI=1S/C14H11N3O2/c1-19-11-6-4-5-10(9-11)13-14(16-18)17-8-3-2-7-12(17)15-13/h2-9H,1H3. The van der Waals surface area contributed by atoms with Crippen LogP contribution in [0.5, 0.6) is 5.75 Å². The van der Waals surface area contributed by atoms with Gasteiger partial charge in [-0.1, -0.05) is 18.2 Å². The van der Waals surface area contributed by atoms with E-state index in [-0.39, 0.29) is 0 Å². The molecule has 0 fully saturated rings. The van der Waals surface area contributed by atoms with Crippen LogP contribution in [0.25, 0.3) is 16.9 Å². The number of ether oxygens (including phenoxy) is 1. The molecule has 0 amide bonds. The Balaban J connectivity index is 2.26. The molecule has 0 bridgehead atoms. The van der Waals surface area contributed by atoms with Crippen molar-refractivity contribution in [1.82, 2.24) is 9.38 Å². The maximum Gasteiger partial charge on any atom is 0.209 e. The van der Waals surface area contributed by atoms with Crippen LogP contribution < -0.4 is 4.74 Å². The summed E-state index contributed by atoms with van der Waals surface area (Å²) in [6.45, 7) is 0. The lowest BCUT2D eigenvalue weighted by atomic mass is 10.1. The Bertz CT molecular complexity index is 749. The Morgan fingerprint density at radius 2 is 2.11 bits per heavy atom. The minimum atomic E-state index is 0.295. The maximum atomic E-state index is 11.1. The Hall–Kier alpha value is -2.69. The molecule has 5 nitrogen and oxygen atoms in total. The van der Waals surface area contributed by atoms with Crippen molar-refractivity contribution in [3.8, 4) is 17.0 Å². The first kappa shape index (κ1) is 11.4. The highest BCUT2D eigenvalue weighted by Crippen LogP contribution is 2.32. The summed E-state index contributed by atoms with van der Waals surface area (Å²) in [4.78, 5) is 15.5. The van der Waals surface area contributed by atoms with E-state index < -0.39 is 0 Å². The highest BCUT2D eigenvalue weighted by Gasteiger charge is 2.14. The van der Waals surface area contributed by atoms with Gasteiger partial charge in [0.15, 0.2) is 0 Å². The lowest BCUT2D eigenvalue weighted by molar-refractivity contribution is 0.415. The summed E-state index contributed by atoms with van der Waals surface area (Å²) in [7, 11) is 1.60. The number of aromatic nitrogens is 2. The molecule has 0 aliphatic heterocycles. The first-order chi connectivity index (χ1) is 9.33. The molecule has 5 heteroatoms. The Labute approximate surface area is 109 Å². The van der Waals surface area contributed by atoms with Crippen molar-refractivity contribution in [2.75, 3.05) is 7.11 Å². The van der Waals surface area contributed by atoms with Crippen molar-refractivity contribution >= 4 is 11.5 Å². The van der Waals surface area contributed by atoms with Crippen LogP contribution in [0.15, 0.2) is 53.8 Å². The molecular formula is C14H11N3O2. The average Bonchev–Trinajstić information content (AvgIpc) is 2.86. The van der Waals surface area contributed by atoms with Gasteiger partial charge in [0.2, 0.25) is 5.82 Å². The molecule has 3 aromatic rings. The molecule has 1 aromatic carbocycles. The van der Waals surface area contributed by atoms with Gasteiger partial charge in [0.25, 0.3) is 0 Å². The zero-order chi connectivity index (χ0) is 13.2. The van der Waals surface area contributed by atoms with Gasteiger partial charge in [0.05, 0.1) is 7.11 Å². The molecule has 0 unspecified atom stereocenters. The lowest BCUT2D eigenvalue weighted by Gasteiger charge is -2.02. The van der Waals surface area contributed by atoms with Gasteiger partial charge in [-0.3, -0.25) is 4.40 Å². The summed E-state index contributed by atoms with van der Waals surface area (Å²) >= 11 is 0. The number of pyridine rings is 1. The van der Waals surface area contributed by atoms with Gasteiger partial charge in [0.1, 0.15) is 17.1 Å². The summed E-state index contributed by atoms with van der Waals surface area (Å²) < 4.78 is 6.85. The average molecular weight is 253 g/mol. The van der Waals surface area contributed by atoms with Crippen molar-refractivity contribution in [2.24, 2.45) is 5.18 Å². The van der Waals surface area contributed by atoms with Crippen LogP contribution in [0.4, 0.5) is 5.82 Å². The maximum absolute atomic E-state index is 11.1. The van der Waals surface area contributed by atoms with Gasteiger partial charge in [0, 0.05) is 11.8 Å². The topological polar surface area (TPSA) is 56.0 Å². The summed E-state index contributed by atoms with van der Waals surface area (Å²) in [5, 5.41) is 3.10. The monoisotopic (exact) mass is 253 g/mol. The summed E-state index contributed by atoms with van der Waals surface area (Å²) in [5.41, 5.74) is 2.05. The normalized spacial score (nSPS) is 10.6. The van der Waals surface area contributed by atoms with Crippen LogP contribution in [0, 0.1) is 4.91 Å². The second-order valence-electron chi connectivity index (χ2n) is 4.04. The van der Waals surface area contributed by atoms with Crippen LogP contribution in [-0.2, 0) is 0 Å². The van der Waals surface area contributed by atoms with E-state index in [4.69, 9.17) is 4.74 Å². The molecule has 0 aliphatic rings. The van der Waals surface area contributed by atoms with Gasteiger partial charge >= 0.3 is 0 Å². The number of nitrogens with zero attached hydrogens (tertiary/aromatic N) is 3. The minimum Gasteiger partial charge on any atom is -0.497 e. The zero-order valence-electron chi connectivity index (χ0n) is 10.3. The quantitative estimate of drug-likeness (QED) is 0.672. The molecule has 0 saturated heterocycles. The number of benzene rings is 1. The van der Waals surface area contributed by atoms with Crippen molar-refractivity contribution in [3.63, 3.8) is 0 Å². The molecule has 0 spiro atoms. The molecule has 0 radical (unpaired) electrons. The fourth-order valence-electron chi connectivity index (χ4n) is 2.03. The first-order valence-electron chi connectivity index (χ1n) is 5.78. The molecular weight excluding hydrogens is 242 g/mol. The van der Waals surface area contributed by atoms with E-state index in [0.717, 1.165) is 5.56 Å². The number of fused-ring (bicyclic) bond motifs is 1. The highest BCUT2D eigenvalue weighted by atomic mass is 16.5. The number of hydrogen-bond acceptors (Lipinski definition) is 4. The second kappa shape index (κ2) is 4.53. The number of nitroso groups, excluding NO2 is 1. The number of hydrogen-bond donors (Lipinski definition) is 0. The van der Waals surface area contributed by atoms with E-state index >= 15 is 0 Å². The summed E-state index contributed by atoms with van der Waals surface area (Å²) in [6.07, 6.45) is 1.77. The molecule has 0 saturated carbocycles. The van der Waals surface area contributed by atoms with E-state index in [0.29, 0.717) is 22.9 Å². The van der Waals surface area contributed by atoms with Crippen molar-refractivity contribution in [1.29, 1.82) is 0 Å². The smallest absolute Gasteiger partial charge is 0.209 e. The van der Waals surface area contributed by atoms with Crippen LogP contribution in [0.2, 0.25) is 0 Å². The first-order valence-corrected chi connectivity index (χ1v) is 5.78. The largest absolute Gasteiger partial charge is 0.497 e. The summed E-state index contributed by atoms with van der Waals surface area (Å²) in [5.74, 6) is 1.01. The van der Waals surface area contributed by atoms with Crippen molar-refractivity contribution in [2.45, 2.75) is 0 Å². The van der Waals surface area contributed by atoms with Crippen LogP contribution in [0.1, 0.15) is 0 Å². The van der Waals surface area contributed by atoms with Crippen LogP contribution in [0.3, 0.4) is 0 Å². The second-order valence-corrected chi connectivity index (χ2v) is 4.04. The fourth-order valence-corrected chi connectivity index (χ4v) is 2.03. The minimum absolute atomic E-state index is 0.295. The van der Waals surface area contributed by atoms with Gasteiger partial charge < -0.3 is 4.74 Å². The van der Waals surface area contributed by atoms with E-state index in [1.54, 1.807) is 17.7 Å². The molecule has 0 aliphatic carbocycles.